The van der Waals surface area contributed by atoms with Crippen LogP contribution in [-0.4, -0.2) is 12.5 Å². The Morgan fingerprint density at radius 1 is 1.35 bits per heavy atom. The Hall–Kier alpha value is -1.55. The fraction of sp³-hybridized carbons (Fsp3) is 0.462. The molecule has 1 atom stereocenters. The van der Waals surface area contributed by atoms with Crippen molar-refractivity contribution in [3.63, 3.8) is 0 Å². The van der Waals surface area contributed by atoms with Crippen LogP contribution in [0.2, 0.25) is 0 Å². The Bertz CT molecular complexity index is 349. The average molecular weight is 236 g/mol. The van der Waals surface area contributed by atoms with Crippen molar-refractivity contribution in [3.8, 4) is 5.75 Å². The highest BCUT2D eigenvalue weighted by Gasteiger charge is 2.06. The fourth-order valence-corrected chi connectivity index (χ4v) is 1.64. The van der Waals surface area contributed by atoms with Crippen molar-refractivity contribution in [2.24, 2.45) is 11.5 Å². The lowest BCUT2D eigenvalue weighted by molar-refractivity contribution is -0.118. The van der Waals surface area contributed by atoms with Crippen LogP contribution in [0.15, 0.2) is 24.3 Å². The lowest BCUT2D eigenvalue weighted by Gasteiger charge is -2.12. The SMILES string of the molecule is CCOc1ccc(C(N)CCCC(N)=O)cc1. The Morgan fingerprint density at radius 2 is 2.00 bits per heavy atom. The van der Waals surface area contributed by atoms with E-state index in [4.69, 9.17) is 16.2 Å². The van der Waals surface area contributed by atoms with Gasteiger partial charge in [0.05, 0.1) is 6.61 Å². The first kappa shape index (κ1) is 13.5. The third kappa shape index (κ3) is 4.87. The zero-order chi connectivity index (χ0) is 12.7. The minimum atomic E-state index is -0.274. The molecule has 0 heterocycles. The average Bonchev–Trinajstić information content (AvgIpc) is 2.30. The molecule has 0 fully saturated rings. The minimum Gasteiger partial charge on any atom is -0.494 e. The molecule has 1 aromatic carbocycles. The summed E-state index contributed by atoms with van der Waals surface area (Å²) in [7, 11) is 0. The lowest BCUT2D eigenvalue weighted by atomic mass is 10.0. The molecule has 4 N–H and O–H groups in total. The van der Waals surface area contributed by atoms with E-state index in [1.165, 1.54) is 0 Å². The van der Waals surface area contributed by atoms with E-state index in [1.54, 1.807) is 0 Å². The summed E-state index contributed by atoms with van der Waals surface area (Å²) in [5.74, 6) is 0.574. The van der Waals surface area contributed by atoms with E-state index in [1.807, 2.05) is 31.2 Å². The van der Waals surface area contributed by atoms with E-state index in [0.717, 1.165) is 24.2 Å². The predicted octanol–water partition coefficient (Wildman–Crippen LogP) is 1.74. The molecule has 0 aromatic heterocycles. The van der Waals surface area contributed by atoms with Crippen LogP contribution in [0.1, 0.15) is 37.8 Å². The Labute approximate surface area is 102 Å². The van der Waals surface area contributed by atoms with Crippen molar-refractivity contribution in [1.82, 2.24) is 0 Å². The third-order valence-corrected chi connectivity index (χ3v) is 2.56. The molecule has 0 spiro atoms. The Balaban J connectivity index is 2.45. The van der Waals surface area contributed by atoms with Gasteiger partial charge in [0.1, 0.15) is 5.75 Å². The second kappa shape index (κ2) is 6.91. The van der Waals surface area contributed by atoms with E-state index in [-0.39, 0.29) is 11.9 Å². The van der Waals surface area contributed by atoms with Crippen molar-refractivity contribution in [3.05, 3.63) is 29.8 Å². The van der Waals surface area contributed by atoms with E-state index in [0.29, 0.717) is 13.0 Å². The number of hydrogen-bond acceptors (Lipinski definition) is 3. The maximum atomic E-state index is 10.6. The molecule has 1 rings (SSSR count). The summed E-state index contributed by atoms with van der Waals surface area (Å²) in [5.41, 5.74) is 12.1. The first-order valence-electron chi connectivity index (χ1n) is 5.90. The van der Waals surface area contributed by atoms with Gasteiger partial charge in [-0.1, -0.05) is 12.1 Å². The zero-order valence-corrected chi connectivity index (χ0v) is 10.2. The van der Waals surface area contributed by atoms with Crippen LogP contribution in [0.4, 0.5) is 0 Å². The van der Waals surface area contributed by atoms with Crippen molar-refractivity contribution >= 4 is 5.91 Å². The molecule has 0 aliphatic rings. The molecule has 0 bridgehead atoms. The van der Waals surface area contributed by atoms with Crippen LogP contribution in [0.25, 0.3) is 0 Å². The van der Waals surface area contributed by atoms with Gasteiger partial charge in [-0.25, -0.2) is 0 Å². The number of benzene rings is 1. The van der Waals surface area contributed by atoms with Gasteiger partial charge in [0.15, 0.2) is 0 Å². The molecule has 0 aliphatic carbocycles. The highest BCUT2D eigenvalue weighted by Crippen LogP contribution is 2.20. The summed E-state index contributed by atoms with van der Waals surface area (Å²) in [6.07, 6.45) is 1.88. The number of carbonyl (C=O) groups excluding carboxylic acids is 1. The van der Waals surface area contributed by atoms with Gasteiger partial charge in [-0.2, -0.15) is 0 Å². The van der Waals surface area contributed by atoms with Crippen molar-refractivity contribution in [2.45, 2.75) is 32.2 Å². The van der Waals surface area contributed by atoms with Crippen LogP contribution in [0, 0.1) is 0 Å². The van der Waals surface area contributed by atoms with E-state index in [2.05, 4.69) is 0 Å². The van der Waals surface area contributed by atoms with Gasteiger partial charge in [0, 0.05) is 12.5 Å². The fourth-order valence-electron chi connectivity index (χ4n) is 1.64. The van der Waals surface area contributed by atoms with E-state index >= 15 is 0 Å². The normalized spacial score (nSPS) is 12.1. The van der Waals surface area contributed by atoms with Gasteiger partial charge >= 0.3 is 0 Å². The largest absolute Gasteiger partial charge is 0.494 e. The highest BCUT2D eigenvalue weighted by atomic mass is 16.5. The second-order valence-corrected chi connectivity index (χ2v) is 3.97. The molecule has 4 nitrogen and oxygen atoms in total. The van der Waals surface area contributed by atoms with Crippen LogP contribution in [0.3, 0.4) is 0 Å². The molecular formula is C13H20N2O2. The number of amides is 1. The number of rotatable bonds is 7. The molecule has 1 aromatic rings. The maximum absolute atomic E-state index is 10.6. The molecule has 0 saturated carbocycles. The number of hydrogen-bond donors (Lipinski definition) is 2. The van der Waals surface area contributed by atoms with Gasteiger partial charge in [-0.15, -0.1) is 0 Å². The van der Waals surface area contributed by atoms with Gasteiger partial charge in [0.2, 0.25) is 5.91 Å². The topological polar surface area (TPSA) is 78.3 Å². The number of ether oxygens (including phenoxy) is 1. The molecule has 4 heteroatoms. The van der Waals surface area contributed by atoms with E-state index < -0.39 is 0 Å². The summed E-state index contributed by atoms with van der Waals surface area (Å²) >= 11 is 0. The van der Waals surface area contributed by atoms with Crippen LogP contribution < -0.4 is 16.2 Å². The summed E-state index contributed by atoms with van der Waals surface area (Å²) in [4.78, 5) is 10.6. The first-order valence-corrected chi connectivity index (χ1v) is 5.90. The molecule has 0 aliphatic heterocycles. The summed E-state index contributed by atoms with van der Waals surface area (Å²) in [5, 5.41) is 0. The minimum absolute atomic E-state index is 0.0509. The van der Waals surface area contributed by atoms with Crippen LogP contribution in [0.5, 0.6) is 5.75 Å². The standard InChI is InChI=1S/C13H20N2O2/c1-2-17-11-8-6-10(7-9-11)12(14)4-3-5-13(15)16/h6-9,12H,2-5,14H2,1H3,(H2,15,16). The summed E-state index contributed by atoms with van der Waals surface area (Å²) < 4.78 is 5.35. The van der Waals surface area contributed by atoms with E-state index in [9.17, 15) is 4.79 Å². The number of carbonyl (C=O) groups is 1. The predicted molar refractivity (Wildman–Crippen MR) is 67.6 cm³/mol. The molecule has 0 saturated heterocycles. The molecule has 1 unspecified atom stereocenters. The summed E-state index contributed by atoms with van der Waals surface area (Å²) in [6.45, 7) is 2.60. The molecule has 0 radical (unpaired) electrons. The number of primary amides is 1. The smallest absolute Gasteiger partial charge is 0.217 e. The van der Waals surface area contributed by atoms with Crippen molar-refractivity contribution in [1.29, 1.82) is 0 Å². The lowest BCUT2D eigenvalue weighted by Crippen LogP contribution is -2.13. The maximum Gasteiger partial charge on any atom is 0.217 e. The molecule has 94 valence electrons. The van der Waals surface area contributed by atoms with Gasteiger partial charge < -0.3 is 16.2 Å². The van der Waals surface area contributed by atoms with Gasteiger partial charge in [-0.3, -0.25) is 4.79 Å². The van der Waals surface area contributed by atoms with Crippen molar-refractivity contribution in [2.75, 3.05) is 6.61 Å². The number of nitrogens with two attached hydrogens (primary N) is 2. The molecule has 17 heavy (non-hydrogen) atoms. The second-order valence-electron chi connectivity index (χ2n) is 3.97. The monoisotopic (exact) mass is 236 g/mol. The zero-order valence-electron chi connectivity index (χ0n) is 10.2. The Morgan fingerprint density at radius 3 is 2.53 bits per heavy atom. The van der Waals surface area contributed by atoms with Crippen molar-refractivity contribution < 1.29 is 9.53 Å². The van der Waals surface area contributed by atoms with Gasteiger partial charge in [-0.05, 0) is 37.5 Å². The van der Waals surface area contributed by atoms with Gasteiger partial charge in [0.25, 0.3) is 0 Å². The summed E-state index contributed by atoms with van der Waals surface area (Å²) in [6, 6.07) is 7.68. The quantitative estimate of drug-likeness (QED) is 0.757. The van der Waals surface area contributed by atoms with Crippen LogP contribution in [-0.2, 0) is 4.79 Å². The molecule has 1 amide bonds. The molecular weight excluding hydrogens is 216 g/mol. The van der Waals surface area contributed by atoms with Crippen LogP contribution >= 0.6 is 0 Å². The highest BCUT2D eigenvalue weighted by molar-refractivity contribution is 5.73. The Kier molecular flexibility index (Phi) is 5.49. The third-order valence-electron chi connectivity index (χ3n) is 2.56. The first-order chi connectivity index (χ1) is 8.13.